The fraction of sp³-hybridized carbons (Fsp3) is 0.250. The Kier molecular flexibility index (Phi) is 3.41. The van der Waals surface area contributed by atoms with Crippen LogP contribution >= 0.6 is 0 Å². The predicted octanol–water partition coefficient (Wildman–Crippen LogP) is 2.78. The summed E-state index contributed by atoms with van der Waals surface area (Å²) in [5.74, 6) is -2.96. The average Bonchev–Trinajstić information content (AvgIpc) is 2.46. The molecule has 112 valence electrons. The number of Topliss-reactive ketones (excluding diaryl/α,β-unsaturated/α-hetero) is 1. The molecule has 0 amide bonds. The third kappa shape index (κ3) is 2.06. The predicted molar refractivity (Wildman–Crippen MR) is 72.9 cm³/mol. The number of halogens is 2. The SMILES string of the molecule is N#CC1=C(N)OC2=C(C(=O)CCC2)[C@H]1c1c(F)cccc1F. The Balaban J connectivity index is 2.28. The summed E-state index contributed by atoms with van der Waals surface area (Å²) in [6.45, 7) is 0. The highest BCUT2D eigenvalue weighted by molar-refractivity contribution is 5.99. The summed E-state index contributed by atoms with van der Waals surface area (Å²) in [4.78, 5) is 12.2. The first kappa shape index (κ1) is 14.3. The van der Waals surface area contributed by atoms with E-state index in [2.05, 4.69) is 0 Å². The van der Waals surface area contributed by atoms with Crippen LogP contribution in [0.25, 0.3) is 0 Å². The normalized spacial score (nSPS) is 21.3. The van der Waals surface area contributed by atoms with Crippen LogP contribution in [0.15, 0.2) is 41.0 Å². The van der Waals surface area contributed by atoms with Crippen LogP contribution in [-0.2, 0) is 9.53 Å². The first-order valence-corrected chi connectivity index (χ1v) is 6.82. The molecule has 1 aliphatic heterocycles. The molecule has 0 fully saturated rings. The van der Waals surface area contributed by atoms with E-state index in [0.29, 0.717) is 18.6 Å². The molecule has 2 N–H and O–H groups in total. The number of allylic oxidation sites excluding steroid dienone is 3. The van der Waals surface area contributed by atoms with E-state index in [0.717, 1.165) is 12.1 Å². The first-order chi connectivity index (χ1) is 10.5. The number of rotatable bonds is 1. The molecule has 2 aliphatic rings. The van der Waals surface area contributed by atoms with Gasteiger partial charge in [-0.1, -0.05) is 6.07 Å². The van der Waals surface area contributed by atoms with Crippen molar-refractivity contribution in [2.24, 2.45) is 5.73 Å². The lowest BCUT2D eigenvalue weighted by Crippen LogP contribution is -2.28. The molecule has 0 unspecified atom stereocenters. The van der Waals surface area contributed by atoms with E-state index < -0.39 is 17.6 Å². The van der Waals surface area contributed by atoms with Crippen molar-refractivity contribution in [3.8, 4) is 6.07 Å². The van der Waals surface area contributed by atoms with Gasteiger partial charge in [0.05, 0.1) is 5.92 Å². The quantitative estimate of drug-likeness (QED) is 0.865. The summed E-state index contributed by atoms with van der Waals surface area (Å²) in [6.07, 6.45) is 1.29. The summed E-state index contributed by atoms with van der Waals surface area (Å²) in [5, 5.41) is 9.30. The number of ether oxygens (including phenoxy) is 1. The minimum atomic E-state index is -1.15. The van der Waals surface area contributed by atoms with Gasteiger partial charge in [-0.25, -0.2) is 8.78 Å². The molecule has 0 radical (unpaired) electrons. The van der Waals surface area contributed by atoms with Crippen molar-refractivity contribution in [2.45, 2.75) is 25.2 Å². The molecule has 1 aromatic carbocycles. The largest absolute Gasteiger partial charge is 0.444 e. The molecule has 22 heavy (non-hydrogen) atoms. The molecule has 4 nitrogen and oxygen atoms in total. The van der Waals surface area contributed by atoms with E-state index in [4.69, 9.17) is 10.5 Å². The average molecular weight is 302 g/mol. The minimum Gasteiger partial charge on any atom is -0.444 e. The molecule has 1 aliphatic carbocycles. The van der Waals surface area contributed by atoms with Gasteiger partial charge in [0.1, 0.15) is 29.0 Å². The molecular formula is C16H12F2N2O2. The van der Waals surface area contributed by atoms with E-state index in [1.54, 1.807) is 0 Å². The number of nitriles is 1. The zero-order chi connectivity index (χ0) is 15.9. The van der Waals surface area contributed by atoms with Gasteiger partial charge < -0.3 is 10.5 Å². The Morgan fingerprint density at radius 2 is 1.95 bits per heavy atom. The molecule has 0 aromatic heterocycles. The van der Waals surface area contributed by atoms with Crippen LogP contribution in [0.2, 0.25) is 0 Å². The molecule has 1 atom stereocenters. The maximum absolute atomic E-state index is 14.2. The Bertz CT molecular complexity index is 755. The van der Waals surface area contributed by atoms with Gasteiger partial charge >= 0.3 is 0 Å². The van der Waals surface area contributed by atoms with Gasteiger partial charge in [0.2, 0.25) is 5.88 Å². The maximum Gasteiger partial charge on any atom is 0.205 e. The second-order valence-electron chi connectivity index (χ2n) is 5.17. The molecule has 0 spiro atoms. The second kappa shape index (κ2) is 5.26. The van der Waals surface area contributed by atoms with E-state index in [1.807, 2.05) is 6.07 Å². The van der Waals surface area contributed by atoms with Crippen molar-refractivity contribution in [1.82, 2.24) is 0 Å². The lowest BCUT2D eigenvalue weighted by molar-refractivity contribution is -0.116. The van der Waals surface area contributed by atoms with Crippen LogP contribution in [0.3, 0.4) is 0 Å². The van der Waals surface area contributed by atoms with Crippen molar-refractivity contribution in [3.05, 3.63) is 58.2 Å². The van der Waals surface area contributed by atoms with Gasteiger partial charge in [-0.05, 0) is 18.6 Å². The van der Waals surface area contributed by atoms with Crippen LogP contribution in [-0.4, -0.2) is 5.78 Å². The third-order valence-electron chi connectivity index (χ3n) is 3.89. The van der Waals surface area contributed by atoms with Crippen molar-refractivity contribution >= 4 is 5.78 Å². The van der Waals surface area contributed by atoms with Gasteiger partial charge in [0, 0.05) is 24.0 Å². The van der Waals surface area contributed by atoms with E-state index in [1.165, 1.54) is 6.07 Å². The van der Waals surface area contributed by atoms with E-state index in [9.17, 15) is 18.8 Å². The number of benzene rings is 1. The van der Waals surface area contributed by atoms with Gasteiger partial charge in [0.25, 0.3) is 0 Å². The minimum absolute atomic E-state index is 0.140. The first-order valence-electron chi connectivity index (χ1n) is 6.82. The number of carbonyl (C=O) groups is 1. The maximum atomic E-state index is 14.2. The van der Waals surface area contributed by atoms with Crippen molar-refractivity contribution in [3.63, 3.8) is 0 Å². The Morgan fingerprint density at radius 3 is 2.59 bits per heavy atom. The molecule has 0 saturated carbocycles. The second-order valence-corrected chi connectivity index (χ2v) is 5.17. The summed E-state index contributed by atoms with van der Waals surface area (Å²) in [7, 11) is 0. The molecule has 1 heterocycles. The van der Waals surface area contributed by atoms with Crippen molar-refractivity contribution in [1.29, 1.82) is 5.26 Å². The van der Waals surface area contributed by atoms with E-state index >= 15 is 0 Å². The highest BCUT2D eigenvalue weighted by Gasteiger charge is 2.40. The fourth-order valence-corrected chi connectivity index (χ4v) is 2.93. The van der Waals surface area contributed by atoms with Crippen LogP contribution in [0.4, 0.5) is 8.78 Å². The van der Waals surface area contributed by atoms with Gasteiger partial charge in [0.15, 0.2) is 5.78 Å². The Morgan fingerprint density at radius 1 is 1.27 bits per heavy atom. The standard InChI is InChI=1S/C16H12F2N2O2/c17-9-3-1-4-10(18)14(9)13-8(7-19)16(20)22-12-6-2-5-11(21)15(12)13/h1,3-4,13H,2,5-6,20H2/t13-/m1/s1. The molecule has 0 bridgehead atoms. The monoisotopic (exact) mass is 302 g/mol. The van der Waals surface area contributed by atoms with E-state index in [-0.39, 0.29) is 34.8 Å². The highest BCUT2D eigenvalue weighted by atomic mass is 19.1. The molecule has 6 heteroatoms. The zero-order valence-electron chi connectivity index (χ0n) is 11.5. The van der Waals surface area contributed by atoms with Gasteiger partial charge in [-0.15, -0.1) is 0 Å². The topological polar surface area (TPSA) is 76.1 Å². The number of carbonyl (C=O) groups excluding carboxylic acids is 1. The van der Waals surface area contributed by atoms with Crippen LogP contribution in [0.1, 0.15) is 30.7 Å². The Labute approximate surface area is 125 Å². The molecule has 3 rings (SSSR count). The van der Waals surface area contributed by atoms with Crippen molar-refractivity contribution in [2.75, 3.05) is 0 Å². The summed E-state index contributed by atoms with van der Waals surface area (Å²) < 4.78 is 33.7. The van der Waals surface area contributed by atoms with Gasteiger partial charge in [-0.2, -0.15) is 5.26 Å². The molecule has 1 aromatic rings. The van der Waals surface area contributed by atoms with Crippen molar-refractivity contribution < 1.29 is 18.3 Å². The summed E-state index contributed by atoms with van der Waals surface area (Å²) >= 11 is 0. The molecular weight excluding hydrogens is 290 g/mol. The zero-order valence-corrected chi connectivity index (χ0v) is 11.5. The van der Waals surface area contributed by atoms with Crippen LogP contribution in [0, 0.1) is 23.0 Å². The smallest absolute Gasteiger partial charge is 0.205 e. The van der Waals surface area contributed by atoms with Crippen LogP contribution in [0.5, 0.6) is 0 Å². The summed E-state index contributed by atoms with van der Waals surface area (Å²) in [6, 6.07) is 5.23. The Hall–Kier alpha value is -2.68. The molecule has 0 saturated heterocycles. The highest BCUT2D eigenvalue weighted by Crippen LogP contribution is 2.44. The number of hydrogen-bond acceptors (Lipinski definition) is 4. The van der Waals surface area contributed by atoms with Crippen LogP contribution < -0.4 is 5.73 Å². The fourth-order valence-electron chi connectivity index (χ4n) is 2.93. The lowest BCUT2D eigenvalue weighted by Gasteiger charge is -2.31. The number of ketones is 1. The number of hydrogen-bond donors (Lipinski definition) is 1. The van der Waals surface area contributed by atoms with Gasteiger partial charge in [-0.3, -0.25) is 4.79 Å². The third-order valence-corrected chi connectivity index (χ3v) is 3.89. The number of nitrogens with zero attached hydrogens (tertiary/aromatic N) is 1. The number of nitrogens with two attached hydrogens (primary N) is 1. The summed E-state index contributed by atoms with van der Waals surface area (Å²) in [5.41, 5.74) is 5.37. The lowest BCUT2D eigenvalue weighted by atomic mass is 9.77.